The number of pyridine rings is 1. The Kier molecular flexibility index (Phi) is 4.94. The van der Waals surface area contributed by atoms with Gasteiger partial charge in [-0.15, -0.1) is 0 Å². The third-order valence-corrected chi connectivity index (χ3v) is 6.39. The summed E-state index contributed by atoms with van der Waals surface area (Å²) >= 11 is 5.76. The van der Waals surface area contributed by atoms with Crippen LogP contribution in [0.4, 0.5) is 4.39 Å². The van der Waals surface area contributed by atoms with E-state index in [-0.39, 0.29) is 47.2 Å². The predicted molar refractivity (Wildman–Crippen MR) is 107 cm³/mol. The van der Waals surface area contributed by atoms with Crippen molar-refractivity contribution in [2.45, 2.75) is 24.8 Å². The number of aryl methyl sites for hydroxylation is 1. The molecule has 1 aromatic heterocycles. The minimum Gasteiger partial charge on any atom is -0.503 e. The number of aromatic hydroxyl groups is 1. The number of fused-ring (bicyclic) bond motifs is 2. The molecule has 1 aliphatic heterocycles. The van der Waals surface area contributed by atoms with Gasteiger partial charge in [-0.1, -0.05) is 23.7 Å². The number of carbonyl (C=O) groups is 2. The van der Waals surface area contributed by atoms with Crippen LogP contribution in [0.5, 0.6) is 5.75 Å². The Morgan fingerprint density at radius 2 is 2.10 bits per heavy atom. The van der Waals surface area contributed by atoms with Crippen LogP contribution in [-0.2, 0) is 12.0 Å². The van der Waals surface area contributed by atoms with Crippen molar-refractivity contribution in [3.63, 3.8) is 0 Å². The van der Waals surface area contributed by atoms with Gasteiger partial charge in [0.05, 0.1) is 16.1 Å². The number of aliphatic hydroxyl groups excluding tert-OH is 1. The lowest BCUT2D eigenvalue weighted by Gasteiger charge is -2.35. The van der Waals surface area contributed by atoms with Crippen molar-refractivity contribution in [2.24, 2.45) is 5.92 Å². The maximum absolute atomic E-state index is 14.1. The molecule has 0 bridgehead atoms. The van der Waals surface area contributed by atoms with Crippen molar-refractivity contribution < 1.29 is 24.2 Å². The quantitative estimate of drug-likeness (QED) is 0.701. The Hall–Kier alpha value is -2.71. The van der Waals surface area contributed by atoms with Crippen molar-refractivity contribution in [1.82, 2.24) is 9.47 Å². The number of Topliss-reactive ketones (excluding diaryl/α,β-unsaturated/α-hetero) is 1. The number of benzene rings is 1. The zero-order chi connectivity index (χ0) is 21.8. The standard InChI is InChI=1S/C21H20ClFN2O5/c1-24-10-21(7-12(21)9-26)25-8-13(18(28)19(29)17(25)20(24)30)15(27)6-5-11-3-2-4-14(22)16(11)23/h2-4,8,12,26,29H,5-7,9-10H2,1H3. The molecule has 1 aliphatic carbocycles. The Bertz CT molecular complexity index is 1130. The summed E-state index contributed by atoms with van der Waals surface area (Å²) in [7, 11) is 1.56. The van der Waals surface area contributed by atoms with Gasteiger partial charge in [0.15, 0.2) is 17.2 Å². The van der Waals surface area contributed by atoms with Crippen LogP contribution in [0.2, 0.25) is 5.02 Å². The zero-order valence-corrected chi connectivity index (χ0v) is 16.9. The number of aromatic nitrogens is 1. The Labute approximate surface area is 176 Å². The Morgan fingerprint density at radius 3 is 2.77 bits per heavy atom. The second kappa shape index (κ2) is 7.21. The number of nitrogens with zero attached hydrogens (tertiary/aromatic N) is 2. The SMILES string of the molecule is CN1CC2(CC2CO)n2cc(C(=O)CCc3cccc(Cl)c3F)c(=O)c(O)c2C1=O. The topological polar surface area (TPSA) is 99.8 Å². The summed E-state index contributed by atoms with van der Waals surface area (Å²) in [6.07, 6.45) is 1.71. The van der Waals surface area contributed by atoms with E-state index in [1.54, 1.807) is 13.1 Å². The van der Waals surface area contributed by atoms with Gasteiger partial charge in [0.2, 0.25) is 5.43 Å². The summed E-state index contributed by atoms with van der Waals surface area (Å²) < 4.78 is 15.6. The van der Waals surface area contributed by atoms with E-state index in [4.69, 9.17) is 11.6 Å². The molecule has 2 N–H and O–H groups in total. The molecule has 158 valence electrons. The third kappa shape index (κ3) is 3.02. The molecule has 1 spiro atoms. The van der Waals surface area contributed by atoms with Crippen LogP contribution >= 0.6 is 11.6 Å². The molecule has 30 heavy (non-hydrogen) atoms. The number of likely N-dealkylation sites (N-methyl/N-ethyl adjacent to an activating group) is 1. The molecule has 0 radical (unpaired) electrons. The fourth-order valence-corrected chi connectivity index (χ4v) is 4.50. The smallest absolute Gasteiger partial charge is 0.274 e. The minimum atomic E-state index is -0.933. The van der Waals surface area contributed by atoms with E-state index in [1.807, 2.05) is 0 Å². The molecule has 4 rings (SSSR count). The highest BCUT2D eigenvalue weighted by molar-refractivity contribution is 6.30. The van der Waals surface area contributed by atoms with E-state index in [0.29, 0.717) is 13.0 Å². The average Bonchev–Trinajstić information content (AvgIpc) is 3.42. The van der Waals surface area contributed by atoms with Gasteiger partial charge >= 0.3 is 0 Å². The van der Waals surface area contributed by atoms with Crippen LogP contribution < -0.4 is 5.43 Å². The highest BCUT2D eigenvalue weighted by Gasteiger charge is 2.59. The minimum absolute atomic E-state index is 0.0270. The van der Waals surface area contributed by atoms with Crippen molar-refractivity contribution >= 4 is 23.3 Å². The van der Waals surface area contributed by atoms with Gasteiger partial charge < -0.3 is 19.7 Å². The second-order valence-corrected chi connectivity index (χ2v) is 8.33. The van der Waals surface area contributed by atoms with E-state index in [2.05, 4.69) is 0 Å². The molecule has 2 aliphatic rings. The van der Waals surface area contributed by atoms with Crippen LogP contribution in [0.1, 0.15) is 39.3 Å². The summed E-state index contributed by atoms with van der Waals surface area (Å²) in [6.45, 7) is 0.180. The van der Waals surface area contributed by atoms with Crippen LogP contribution in [0.25, 0.3) is 0 Å². The number of halogens is 2. The van der Waals surface area contributed by atoms with E-state index in [9.17, 15) is 29.0 Å². The zero-order valence-electron chi connectivity index (χ0n) is 16.2. The lowest BCUT2D eigenvalue weighted by Crippen LogP contribution is -2.48. The number of hydrogen-bond donors (Lipinski definition) is 2. The molecule has 1 fully saturated rings. The normalized spacial score (nSPS) is 22.3. The van der Waals surface area contributed by atoms with E-state index in [1.165, 1.54) is 27.8 Å². The monoisotopic (exact) mass is 434 g/mol. The lowest BCUT2D eigenvalue weighted by atomic mass is 10.00. The van der Waals surface area contributed by atoms with Gasteiger partial charge in [0.1, 0.15) is 5.82 Å². The first-order valence-corrected chi connectivity index (χ1v) is 9.90. The number of hydrogen-bond acceptors (Lipinski definition) is 5. The van der Waals surface area contributed by atoms with Crippen molar-refractivity contribution in [2.75, 3.05) is 20.2 Å². The van der Waals surface area contributed by atoms with Gasteiger partial charge in [0.25, 0.3) is 5.91 Å². The predicted octanol–water partition coefficient (Wildman–Crippen LogP) is 1.95. The fourth-order valence-electron chi connectivity index (χ4n) is 4.31. The first-order chi connectivity index (χ1) is 14.2. The summed E-state index contributed by atoms with van der Waals surface area (Å²) in [5.41, 5.74) is -1.79. The molecule has 1 aromatic carbocycles. The molecule has 1 amide bonds. The molecule has 2 atom stereocenters. The van der Waals surface area contributed by atoms with Crippen molar-refractivity contribution in [1.29, 1.82) is 0 Å². The maximum Gasteiger partial charge on any atom is 0.274 e. The van der Waals surface area contributed by atoms with Crippen molar-refractivity contribution in [3.05, 3.63) is 62.3 Å². The lowest BCUT2D eigenvalue weighted by molar-refractivity contribution is 0.0672. The van der Waals surface area contributed by atoms with Crippen LogP contribution in [0.3, 0.4) is 0 Å². The molecule has 0 saturated heterocycles. The molecule has 2 unspecified atom stereocenters. The van der Waals surface area contributed by atoms with Gasteiger partial charge in [0, 0.05) is 38.7 Å². The van der Waals surface area contributed by atoms with Crippen LogP contribution in [0, 0.1) is 11.7 Å². The largest absolute Gasteiger partial charge is 0.503 e. The Balaban J connectivity index is 1.71. The molecule has 9 heteroatoms. The van der Waals surface area contributed by atoms with Crippen molar-refractivity contribution in [3.8, 4) is 5.75 Å². The van der Waals surface area contributed by atoms with E-state index in [0.717, 1.165) is 0 Å². The average molecular weight is 435 g/mol. The number of carbonyl (C=O) groups excluding carboxylic acids is 2. The maximum atomic E-state index is 14.1. The highest BCUT2D eigenvalue weighted by atomic mass is 35.5. The summed E-state index contributed by atoms with van der Waals surface area (Å²) in [5.74, 6) is -2.66. The van der Waals surface area contributed by atoms with Crippen LogP contribution in [-0.4, -0.2) is 51.6 Å². The highest BCUT2D eigenvalue weighted by Crippen LogP contribution is 2.53. The molecule has 7 nitrogen and oxygen atoms in total. The third-order valence-electron chi connectivity index (χ3n) is 6.10. The molecular weight excluding hydrogens is 415 g/mol. The second-order valence-electron chi connectivity index (χ2n) is 7.92. The molecule has 2 heterocycles. The molecule has 2 aromatic rings. The fraction of sp³-hybridized carbons (Fsp3) is 0.381. The Morgan fingerprint density at radius 1 is 1.37 bits per heavy atom. The van der Waals surface area contributed by atoms with Gasteiger partial charge in [-0.05, 0) is 24.5 Å². The van der Waals surface area contributed by atoms with E-state index >= 15 is 0 Å². The number of rotatable bonds is 5. The van der Waals surface area contributed by atoms with Gasteiger partial charge in [-0.25, -0.2) is 4.39 Å². The van der Waals surface area contributed by atoms with E-state index < -0.39 is 34.2 Å². The van der Waals surface area contributed by atoms with Crippen LogP contribution in [0.15, 0.2) is 29.2 Å². The van der Waals surface area contributed by atoms with Gasteiger partial charge in [-0.3, -0.25) is 14.4 Å². The summed E-state index contributed by atoms with van der Waals surface area (Å²) in [6, 6.07) is 4.47. The molecular formula is C21H20ClFN2O5. The number of aliphatic hydroxyl groups is 1. The first-order valence-electron chi connectivity index (χ1n) is 9.52. The summed E-state index contributed by atoms with van der Waals surface area (Å²) in [5, 5.41) is 20.0. The number of ketones is 1. The summed E-state index contributed by atoms with van der Waals surface area (Å²) in [4.78, 5) is 39.4. The molecule has 1 saturated carbocycles. The first kappa shape index (κ1) is 20.6. The van der Waals surface area contributed by atoms with Gasteiger partial charge in [-0.2, -0.15) is 0 Å². The number of amides is 1.